The average Bonchev–Trinajstić information content (AvgIpc) is 3.18. The molecule has 2 aliphatic rings. The van der Waals surface area contributed by atoms with Crippen LogP contribution in [-0.4, -0.2) is 43.4 Å². The zero-order valence-electron chi connectivity index (χ0n) is 12.2. The van der Waals surface area contributed by atoms with Crippen LogP contribution in [0, 0.1) is 0 Å². The van der Waals surface area contributed by atoms with Crippen LogP contribution in [0.25, 0.3) is 0 Å². The average molecular weight is 290 g/mol. The molecule has 2 aliphatic heterocycles. The van der Waals surface area contributed by atoms with Gasteiger partial charge in [-0.05, 0) is 43.9 Å². The van der Waals surface area contributed by atoms with Gasteiger partial charge in [-0.15, -0.1) is 0 Å². The van der Waals surface area contributed by atoms with E-state index in [1.165, 1.54) is 12.8 Å². The summed E-state index contributed by atoms with van der Waals surface area (Å²) >= 11 is 0. The second kappa shape index (κ2) is 6.35. The fraction of sp³-hybridized carbons (Fsp3) is 0.562. The maximum Gasteiger partial charge on any atom is 0.335 e. The molecule has 1 atom stereocenters. The standard InChI is InChI=1S/C16H22N2O3/c19-16(20)12-5-6-14(17-11-13-4-3-9-21-13)15(10-12)18-7-1-2-8-18/h5-6,10,13,17H,1-4,7-9,11H2,(H,19,20). The van der Waals surface area contributed by atoms with Crippen LogP contribution in [-0.2, 0) is 4.74 Å². The Bertz CT molecular complexity index is 506. The number of nitrogens with zero attached hydrogens (tertiary/aromatic N) is 1. The molecule has 5 nitrogen and oxygen atoms in total. The van der Waals surface area contributed by atoms with Gasteiger partial charge < -0.3 is 20.1 Å². The molecule has 2 heterocycles. The Balaban J connectivity index is 1.78. The van der Waals surface area contributed by atoms with Crippen molar-refractivity contribution in [3.8, 4) is 0 Å². The van der Waals surface area contributed by atoms with E-state index in [9.17, 15) is 9.90 Å². The molecule has 2 fully saturated rings. The Hall–Kier alpha value is -1.75. The number of hydrogen-bond acceptors (Lipinski definition) is 4. The maximum absolute atomic E-state index is 11.2. The quantitative estimate of drug-likeness (QED) is 0.872. The van der Waals surface area contributed by atoms with Gasteiger partial charge in [0.2, 0.25) is 0 Å². The number of carbonyl (C=O) groups is 1. The van der Waals surface area contributed by atoms with Crippen LogP contribution < -0.4 is 10.2 Å². The summed E-state index contributed by atoms with van der Waals surface area (Å²) in [4.78, 5) is 13.5. The van der Waals surface area contributed by atoms with Gasteiger partial charge in [0, 0.05) is 26.2 Å². The lowest BCUT2D eigenvalue weighted by molar-refractivity contribution is 0.0697. The van der Waals surface area contributed by atoms with Gasteiger partial charge in [0.1, 0.15) is 0 Å². The van der Waals surface area contributed by atoms with Crippen LogP contribution >= 0.6 is 0 Å². The molecular weight excluding hydrogens is 268 g/mol. The summed E-state index contributed by atoms with van der Waals surface area (Å²) < 4.78 is 5.63. The van der Waals surface area contributed by atoms with E-state index < -0.39 is 5.97 Å². The second-order valence-electron chi connectivity index (χ2n) is 5.75. The first-order chi connectivity index (χ1) is 10.2. The van der Waals surface area contributed by atoms with Crippen molar-refractivity contribution < 1.29 is 14.6 Å². The number of hydrogen-bond donors (Lipinski definition) is 2. The van der Waals surface area contributed by atoms with Gasteiger partial charge in [0.15, 0.2) is 0 Å². The predicted octanol–water partition coefficient (Wildman–Crippen LogP) is 2.58. The molecule has 0 saturated carbocycles. The van der Waals surface area contributed by atoms with Gasteiger partial charge >= 0.3 is 5.97 Å². The van der Waals surface area contributed by atoms with E-state index in [4.69, 9.17) is 4.74 Å². The van der Waals surface area contributed by atoms with Gasteiger partial charge in [0.25, 0.3) is 0 Å². The summed E-state index contributed by atoms with van der Waals surface area (Å²) in [5, 5.41) is 12.6. The molecule has 2 saturated heterocycles. The topological polar surface area (TPSA) is 61.8 Å². The third kappa shape index (κ3) is 3.29. The van der Waals surface area contributed by atoms with E-state index in [0.717, 1.165) is 50.5 Å². The lowest BCUT2D eigenvalue weighted by atomic mass is 10.1. The van der Waals surface area contributed by atoms with E-state index in [1.54, 1.807) is 12.1 Å². The Morgan fingerprint density at radius 1 is 1.33 bits per heavy atom. The van der Waals surface area contributed by atoms with Crippen LogP contribution in [0.15, 0.2) is 18.2 Å². The molecule has 0 spiro atoms. The minimum atomic E-state index is -0.874. The van der Waals surface area contributed by atoms with Crippen LogP contribution in [0.3, 0.4) is 0 Å². The molecule has 5 heteroatoms. The number of carboxylic acid groups (broad SMARTS) is 1. The number of nitrogens with one attached hydrogen (secondary N) is 1. The first-order valence-electron chi connectivity index (χ1n) is 7.72. The number of aromatic carboxylic acids is 1. The monoisotopic (exact) mass is 290 g/mol. The maximum atomic E-state index is 11.2. The van der Waals surface area contributed by atoms with E-state index in [1.807, 2.05) is 6.07 Å². The normalized spacial score (nSPS) is 21.7. The second-order valence-corrected chi connectivity index (χ2v) is 5.75. The van der Waals surface area contributed by atoms with E-state index in [0.29, 0.717) is 5.56 Å². The number of ether oxygens (including phenoxy) is 1. The summed E-state index contributed by atoms with van der Waals surface area (Å²) in [6.07, 6.45) is 4.84. The van der Waals surface area contributed by atoms with Crippen molar-refractivity contribution in [2.45, 2.75) is 31.8 Å². The SMILES string of the molecule is O=C(O)c1ccc(NCC2CCCO2)c(N2CCCC2)c1. The highest BCUT2D eigenvalue weighted by Gasteiger charge is 2.20. The minimum Gasteiger partial charge on any atom is -0.478 e. The van der Waals surface area contributed by atoms with Gasteiger partial charge in [-0.1, -0.05) is 0 Å². The third-order valence-electron chi connectivity index (χ3n) is 4.24. The van der Waals surface area contributed by atoms with E-state index >= 15 is 0 Å². The molecule has 0 radical (unpaired) electrons. The molecule has 0 amide bonds. The summed E-state index contributed by atoms with van der Waals surface area (Å²) in [5.41, 5.74) is 2.36. The van der Waals surface area contributed by atoms with Gasteiger partial charge in [-0.25, -0.2) is 4.79 Å². The molecule has 0 aliphatic carbocycles. The Kier molecular flexibility index (Phi) is 4.29. The summed E-state index contributed by atoms with van der Waals surface area (Å²) in [6.45, 7) is 3.63. The first-order valence-corrected chi connectivity index (χ1v) is 7.72. The molecule has 1 unspecified atom stereocenters. The molecule has 21 heavy (non-hydrogen) atoms. The molecular formula is C16H22N2O3. The molecule has 1 aromatic carbocycles. The first kappa shape index (κ1) is 14.2. The minimum absolute atomic E-state index is 0.274. The molecule has 0 bridgehead atoms. The van der Waals surface area contributed by atoms with Crippen molar-refractivity contribution in [1.29, 1.82) is 0 Å². The number of rotatable bonds is 5. The van der Waals surface area contributed by atoms with E-state index in [2.05, 4.69) is 10.2 Å². The van der Waals surface area contributed by atoms with Crippen molar-refractivity contribution in [1.82, 2.24) is 0 Å². The highest BCUT2D eigenvalue weighted by Crippen LogP contribution is 2.30. The predicted molar refractivity (Wildman–Crippen MR) is 82.3 cm³/mol. The smallest absolute Gasteiger partial charge is 0.335 e. The molecule has 114 valence electrons. The molecule has 2 N–H and O–H groups in total. The van der Waals surface area contributed by atoms with Crippen molar-refractivity contribution in [2.24, 2.45) is 0 Å². The summed E-state index contributed by atoms with van der Waals surface area (Å²) in [6, 6.07) is 5.33. The van der Waals surface area contributed by atoms with Crippen molar-refractivity contribution >= 4 is 17.3 Å². The van der Waals surface area contributed by atoms with Gasteiger partial charge in [-0.2, -0.15) is 0 Å². The van der Waals surface area contributed by atoms with Gasteiger partial charge in [0.05, 0.1) is 23.0 Å². The van der Waals surface area contributed by atoms with Crippen LogP contribution in [0.1, 0.15) is 36.0 Å². The van der Waals surface area contributed by atoms with Crippen molar-refractivity contribution in [3.05, 3.63) is 23.8 Å². The van der Waals surface area contributed by atoms with Crippen molar-refractivity contribution in [2.75, 3.05) is 36.5 Å². The fourth-order valence-corrected chi connectivity index (χ4v) is 3.06. The highest BCUT2D eigenvalue weighted by molar-refractivity contribution is 5.91. The largest absolute Gasteiger partial charge is 0.478 e. The molecule has 0 aromatic heterocycles. The Labute approximate surface area is 124 Å². The van der Waals surface area contributed by atoms with E-state index in [-0.39, 0.29) is 6.10 Å². The zero-order valence-corrected chi connectivity index (χ0v) is 12.2. The van der Waals surface area contributed by atoms with Crippen LogP contribution in [0.4, 0.5) is 11.4 Å². The zero-order chi connectivity index (χ0) is 14.7. The molecule has 1 aromatic rings. The Morgan fingerprint density at radius 2 is 2.14 bits per heavy atom. The summed E-state index contributed by atoms with van der Waals surface area (Å²) in [5.74, 6) is -0.874. The van der Waals surface area contributed by atoms with Crippen LogP contribution in [0.5, 0.6) is 0 Å². The lowest BCUT2D eigenvalue weighted by Gasteiger charge is -2.23. The van der Waals surface area contributed by atoms with Crippen molar-refractivity contribution in [3.63, 3.8) is 0 Å². The fourth-order valence-electron chi connectivity index (χ4n) is 3.06. The lowest BCUT2D eigenvalue weighted by Crippen LogP contribution is -2.23. The summed E-state index contributed by atoms with van der Waals surface area (Å²) in [7, 11) is 0. The number of anilines is 2. The number of benzene rings is 1. The molecule has 3 rings (SSSR count). The Morgan fingerprint density at radius 3 is 2.81 bits per heavy atom. The van der Waals surface area contributed by atoms with Crippen LogP contribution in [0.2, 0.25) is 0 Å². The number of carboxylic acids is 1. The third-order valence-corrected chi connectivity index (χ3v) is 4.24. The highest BCUT2D eigenvalue weighted by atomic mass is 16.5. The van der Waals surface area contributed by atoms with Gasteiger partial charge in [-0.3, -0.25) is 0 Å².